The summed E-state index contributed by atoms with van der Waals surface area (Å²) < 4.78 is 20.7. The Labute approximate surface area is 150 Å². The Morgan fingerprint density at radius 2 is 1.84 bits per heavy atom. The summed E-state index contributed by atoms with van der Waals surface area (Å²) in [6.45, 7) is -0.0151. The zero-order valence-corrected chi connectivity index (χ0v) is 14.9. The molecule has 0 aliphatic heterocycles. The van der Waals surface area contributed by atoms with E-state index in [1.54, 1.807) is 25.2 Å². The molecule has 134 valence electrons. The summed E-state index contributed by atoms with van der Waals surface area (Å²) in [7, 11) is 4.70. The van der Waals surface area contributed by atoms with E-state index in [1.807, 2.05) is 0 Å². The lowest BCUT2D eigenvalue weighted by molar-refractivity contribution is 0.0492. The SMILES string of the molecule is CNc1cc(OCOC)c(C(=O)c2ncccc2OCOC)cc1Cl. The van der Waals surface area contributed by atoms with E-state index in [1.165, 1.54) is 26.5 Å². The van der Waals surface area contributed by atoms with Crippen molar-refractivity contribution in [2.45, 2.75) is 0 Å². The number of ketones is 1. The number of nitrogens with zero attached hydrogens (tertiary/aromatic N) is 1. The molecule has 0 fully saturated rings. The predicted octanol–water partition coefficient (Wildman–Crippen LogP) is 2.97. The number of anilines is 1. The van der Waals surface area contributed by atoms with Crippen LogP contribution in [-0.4, -0.2) is 45.6 Å². The van der Waals surface area contributed by atoms with Gasteiger partial charge < -0.3 is 24.3 Å². The molecule has 25 heavy (non-hydrogen) atoms. The number of aromatic nitrogens is 1. The minimum absolute atomic E-state index is 0.00153. The highest BCUT2D eigenvalue weighted by Gasteiger charge is 2.22. The number of hydrogen-bond acceptors (Lipinski definition) is 7. The van der Waals surface area contributed by atoms with E-state index in [0.29, 0.717) is 22.2 Å². The highest BCUT2D eigenvalue weighted by molar-refractivity contribution is 6.34. The summed E-state index contributed by atoms with van der Waals surface area (Å²) >= 11 is 6.22. The molecule has 1 aromatic heterocycles. The second kappa shape index (κ2) is 9.22. The average molecular weight is 367 g/mol. The summed E-state index contributed by atoms with van der Waals surface area (Å²) in [5.74, 6) is 0.243. The van der Waals surface area contributed by atoms with Crippen LogP contribution in [0.3, 0.4) is 0 Å². The molecule has 0 spiro atoms. The minimum Gasteiger partial charge on any atom is -0.467 e. The second-order valence-corrected chi connectivity index (χ2v) is 5.27. The molecule has 1 aromatic carbocycles. The van der Waals surface area contributed by atoms with Crippen molar-refractivity contribution in [3.63, 3.8) is 0 Å². The van der Waals surface area contributed by atoms with E-state index in [-0.39, 0.29) is 30.6 Å². The van der Waals surface area contributed by atoms with Crippen LogP contribution in [0, 0.1) is 0 Å². The molecule has 0 saturated heterocycles. The average Bonchev–Trinajstić information content (AvgIpc) is 2.64. The number of carbonyl (C=O) groups excluding carboxylic acids is 1. The highest BCUT2D eigenvalue weighted by Crippen LogP contribution is 2.33. The van der Waals surface area contributed by atoms with Gasteiger partial charge >= 0.3 is 0 Å². The van der Waals surface area contributed by atoms with E-state index in [2.05, 4.69) is 10.3 Å². The number of rotatable bonds is 9. The smallest absolute Gasteiger partial charge is 0.218 e. The Bertz CT molecular complexity index is 739. The lowest BCUT2D eigenvalue weighted by atomic mass is 10.0. The lowest BCUT2D eigenvalue weighted by Crippen LogP contribution is -2.12. The molecule has 1 N–H and O–H groups in total. The largest absolute Gasteiger partial charge is 0.467 e. The first-order valence-corrected chi connectivity index (χ1v) is 7.74. The standard InChI is InChI=1S/C17H19ClN2O5/c1-19-13-8-15(25-10-23-3)11(7-12(13)18)17(21)16-14(24-9-22-2)5-4-6-20-16/h4-8,19H,9-10H2,1-3H3. The monoisotopic (exact) mass is 366 g/mol. The number of halogens is 1. The fourth-order valence-corrected chi connectivity index (χ4v) is 2.35. The second-order valence-electron chi connectivity index (χ2n) is 4.86. The topological polar surface area (TPSA) is 78.9 Å². The van der Waals surface area contributed by atoms with Crippen molar-refractivity contribution in [2.24, 2.45) is 0 Å². The summed E-state index contributed by atoms with van der Waals surface area (Å²) in [5, 5.41) is 3.32. The van der Waals surface area contributed by atoms with Crippen LogP contribution in [0.5, 0.6) is 11.5 Å². The molecule has 2 aromatic rings. The maximum absolute atomic E-state index is 13.0. The first-order valence-electron chi connectivity index (χ1n) is 7.36. The fraction of sp³-hybridized carbons (Fsp3) is 0.294. The van der Waals surface area contributed by atoms with Crippen molar-refractivity contribution in [3.05, 3.63) is 46.7 Å². The van der Waals surface area contributed by atoms with Crippen LogP contribution in [0.25, 0.3) is 0 Å². The van der Waals surface area contributed by atoms with Crippen LogP contribution in [0.4, 0.5) is 5.69 Å². The van der Waals surface area contributed by atoms with Crippen molar-refractivity contribution >= 4 is 23.1 Å². The van der Waals surface area contributed by atoms with Gasteiger partial charge in [0.25, 0.3) is 0 Å². The third kappa shape index (κ3) is 4.60. The molecule has 0 bridgehead atoms. The van der Waals surface area contributed by atoms with E-state index in [9.17, 15) is 4.79 Å². The molecular formula is C17H19ClN2O5. The Balaban J connectivity index is 2.46. The summed E-state index contributed by atoms with van der Waals surface area (Å²) in [6, 6.07) is 6.46. The van der Waals surface area contributed by atoms with E-state index in [0.717, 1.165) is 0 Å². The highest BCUT2D eigenvalue weighted by atomic mass is 35.5. The Morgan fingerprint density at radius 1 is 1.16 bits per heavy atom. The van der Waals surface area contributed by atoms with Crippen LogP contribution in [0.15, 0.2) is 30.5 Å². The molecule has 0 radical (unpaired) electrons. The van der Waals surface area contributed by atoms with E-state index in [4.69, 9.17) is 30.5 Å². The van der Waals surface area contributed by atoms with Crippen LogP contribution < -0.4 is 14.8 Å². The zero-order valence-electron chi connectivity index (χ0n) is 14.2. The van der Waals surface area contributed by atoms with Gasteiger partial charge in [0.05, 0.1) is 16.3 Å². The number of pyridine rings is 1. The van der Waals surface area contributed by atoms with Crippen molar-refractivity contribution in [3.8, 4) is 11.5 Å². The molecule has 1 heterocycles. The Morgan fingerprint density at radius 3 is 2.48 bits per heavy atom. The van der Waals surface area contributed by atoms with Crippen LogP contribution in [0.2, 0.25) is 5.02 Å². The van der Waals surface area contributed by atoms with E-state index < -0.39 is 0 Å². The van der Waals surface area contributed by atoms with Crippen LogP contribution in [0.1, 0.15) is 16.1 Å². The van der Waals surface area contributed by atoms with Gasteiger partial charge in [-0.1, -0.05) is 11.6 Å². The molecule has 8 heteroatoms. The normalized spacial score (nSPS) is 10.4. The molecule has 2 rings (SSSR count). The number of methoxy groups -OCH3 is 2. The molecule has 0 aliphatic carbocycles. The molecule has 0 unspecified atom stereocenters. The summed E-state index contributed by atoms with van der Waals surface area (Å²) in [6.07, 6.45) is 1.51. The third-order valence-corrected chi connectivity index (χ3v) is 3.55. The number of carbonyl (C=O) groups is 1. The zero-order chi connectivity index (χ0) is 18.2. The van der Waals surface area contributed by atoms with Crippen molar-refractivity contribution in [1.82, 2.24) is 4.98 Å². The predicted molar refractivity (Wildman–Crippen MR) is 93.7 cm³/mol. The van der Waals surface area contributed by atoms with Gasteiger partial charge in [0, 0.05) is 33.5 Å². The van der Waals surface area contributed by atoms with Gasteiger partial charge in [0.15, 0.2) is 25.0 Å². The number of hydrogen-bond donors (Lipinski definition) is 1. The van der Waals surface area contributed by atoms with Gasteiger partial charge in [0.1, 0.15) is 5.75 Å². The maximum atomic E-state index is 13.0. The van der Waals surface area contributed by atoms with Crippen LogP contribution >= 0.6 is 11.6 Å². The third-order valence-electron chi connectivity index (χ3n) is 3.23. The van der Waals surface area contributed by atoms with Crippen molar-refractivity contribution in [1.29, 1.82) is 0 Å². The molecule has 7 nitrogen and oxygen atoms in total. The minimum atomic E-state index is -0.387. The van der Waals surface area contributed by atoms with Gasteiger partial charge in [-0.15, -0.1) is 0 Å². The van der Waals surface area contributed by atoms with Crippen molar-refractivity contribution < 1.29 is 23.7 Å². The van der Waals surface area contributed by atoms with Gasteiger partial charge in [-0.25, -0.2) is 4.98 Å². The molecule has 0 atom stereocenters. The molecule has 0 amide bonds. The molecule has 0 saturated carbocycles. The number of ether oxygens (including phenoxy) is 4. The lowest BCUT2D eigenvalue weighted by Gasteiger charge is -2.14. The van der Waals surface area contributed by atoms with E-state index >= 15 is 0 Å². The number of nitrogens with one attached hydrogen (secondary N) is 1. The first kappa shape index (κ1) is 19.0. The van der Waals surface area contributed by atoms with Gasteiger partial charge in [-0.2, -0.15) is 0 Å². The summed E-state index contributed by atoms with van der Waals surface area (Å²) in [5.41, 5.74) is 1.01. The molecule has 0 aliphatic rings. The molecular weight excluding hydrogens is 348 g/mol. The summed E-state index contributed by atoms with van der Waals surface area (Å²) in [4.78, 5) is 17.1. The first-order chi connectivity index (χ1) is 12.1. The van der Waals surface area contributed by atoms with Crippen molar-refractivity contribution in [2.75, 3.05) is 40.2 Å². The van der Waals surface area contributed by atoms with Gasteiger partial charge in [0.2, 0.25) is 5.78 Å². The Kier molecular flexibility index (Phi) is 7.00. The fourth-order valence-electron chi connectivity index (χ4n) is 2.09. The van der Waals surface area contributed by atoms with Crippen LogP contribution in [-0.2, 0) is 9.47 Å². The quantitative estimate of drug-likeness (QED) is 0.540. The number of benzene rings is 1. The Hall–Kier alpha value is -2.35. The van der Waals surface area contributed by atoms with Gasteiger partial charge in [-0.05, 0) is 18.2 Å². The van der Waals surface area contributed by atoms with Gasteiger partial charge in [-0.3, -0.25) is 4.79 Å². The maximum Gasteiger partial charge on any atom is 0.218 e.